The van der Waals surface area contributed by atoms with Crippen LogP contribution in [-0.4, -0.2) is 58.9 Å². The SMILES string of the molecule is CC(C)CNCCCNCCCCCc1ccc(-c2cc(-c3ccc(CNCCCNCCCNCC(C)C)cc3)cc(C(C)(C)C)c2)cc1. The minimum Gasteiger partial charge on any atom is -0.317 e. The first-order chi connectivity index (χ1) is 24.1. The second kappa shape index (κ2) is 23.8. The molecule has 0 aliphatic heterocycles. The quantitative estimate of drug-likeness (QED) is 0.0547. The number of unbranched alkanes of at least 4 members (excludes halogenated alkanes) is 2. The molecule has 0 fully saturated rings. The highest BCUT2D eigenvalue weighted by Crippen LogP contribution is 2.34. The topological polar surface area (TPSA) is 60.1 Å². The van der Waals surface area contributed by atoms with Crippen molar-refractivity contribution < 1.29 is 0 Å². The van der Waals surface area contributed by atoms with Crippen molar-refractivity contribution in [3.63, 3.8) is 0 Å². The van der Waals surface area contributed by atoms with Crippen LogP contribution in [0.1, 0.15) is 104 Å². The van der Waals surface area contributed by atoms with Crippen LogP contribution in [0.15, 0.2) is 66.7 Å². The Hall–Kier alpha value is -2.54. The number of hydrogen-bond acceptors (Lipinski definition) is 5. The number of hydrogen-bond donors (Lipinski definition) is 5. The van der Waals surface area contributed by atoms with E-state index >= 15 is 0 Å². The van der Waals surface area contributed by atoms with Gasteiger partial charge in [-0.05, 0) is 160 Å². The second-order valence-corrected chi connectivity index (χ2v) is 16.2. The summed E-state index contributed by atoms with van der Waals surface area (Å²) in [6.45, 7) is 26.8. The zero-order chi connectivity index (χ0) is 36.0. The summed E-state index contributed by atoms with van der Waals surface area (Å²) in [6.07, 6.45) is 8.49. The summed E-state index contributed by atoms with van der Waals surface area (Å²) in [6, 6.07) is 25.6. The maximum Gasteiger partial charge on any atom is 0.0205 e. The number of aryl methyl sites for hydroxylation is 1. The van der Waals surface area contributed by atoms with Gasteiger partial charge >= 0.3 is 0 Å². The van der Waals surface area contributed by atoms with Gasteiger partial charge in [-0.15, -0.1) is 0 Å². The van der Waals surface area contributed by atoms with Gasteiger partial charge in [0.2, 0.25) is 0 Å². The third-order valence-electron chi connectivity index (χ3n) is 9.25. The molecule has 50 heavy (non-hydrogen) atoms. The lowest BCUT2D eigenvalue weighted by Gasteiger charge is -2.22. The van der Waals surface area contributed by atoms with Crippen molar-refractivity contribution in [3.05, 3.63) is 83.4 Å². The molecular formula is C45H73N5. The minimum absolute atomic E-state index is 0.0770. The fraction of sp³-hybridized carbons (Fsp3) is 0.600. The maximum absolute atomic E-state index is 3.63. The Morgan fingerprint density at radius 3 is 1.36 bits per heavy atom. The summed E-state index contributed by atoms with van der Waals surface area (Å²) in [7, 11) is 0. The summed E-state index contributed by atoms with van der Waals surface area (Å²) in [4.78, 5) is 0. The van der Waals surface area contributed by atoms with Crippen molar-refractivity contribution in [2.75, 3.05) is 58.9 Å². The molecule has 0 saturated carbocycles. The van der Waals surface area contributed by atoms with Gasteiger partial charge in [-0.1, -0.05) is 116 Å². The summed E-state index contributed by atoms with van der Waals surface area (Å²) < 4.78 is 0. The molecule has 5 N–H and O–H groups in total. The van der Waals surface area contributed by atoms with E-state index in [0.717, 1.165) is 90.1 Å². The molecule has 0 unspecified atom stereocenters. The van der Waals surface area contributed by atoms with E-state index in [2.05, 4.69) is 142 Å². The molecule has 0 radical (unpaired) electrons. The lowest BCUT2D eigenvalue weighted by atomic mass is 9.83. The molecule has 3 aromatic carbocycles. The van der Waals surface area contributed by atoms with E-state index in [1.807, 2.05) is 0 Å². The molecule has 3 aromatic rings. The van der Waals surface area contributed by atoms with Gasteiger partial charge < -0.3 is 26.6 Å². The van der Waals surface area contributed by atoms with E-state index in [4.69, 9.17) is 0 Å². The average Bonchev–Trinajstić information content (AvgIpc) is 3.09. The third kappa shape index (κ3) is 17.6. The molecule has 0 spiro atoms. The fourth-order valence-corrected chi connectivity index (χ4v) is 6.11. The number of nitrogens with one attached hydrogen (secondary N) is 5. The Balaban J connectivity index is 1.43. The molecule has 0 aromatic heterocycles. The minimum atomic E-state index is 0.0770. The van der Waals surface area contributed by atoms with Crippen molar-refractivity contribution in [3.8, 4) is 22.3 Å². The lowest BCUT2D eigenvalue weighted by molar-refractivity contribution is 0.524. The number of rotatable bonds is 26. The van der Waals surface area contributed by atoms with Crippen molar-refractivity contribution in [1.82, 2.24) is 26.6 Å². The predicted molar refractivity (Wildman–Crippen MR) is 220 cm³/mol. The van der Waals surface area contributed by atoms with Crippen molar-refractivity contribution >= 4 is 0 Å². The molecule has 5 heteroatoms. The Morgan fingerprint density at radius 2 is 0.880 bits per heavy atom. The van der Waals surface area contributed by atoms with E-state index in [9.17, 15) is 0 Å². The molecule has 0 aliphatic rings. The van der Waals surface area contributed by atoms with E-state index in [-0.39, 0.29) is 5.41 Å². The average molecular weight is 684 g/mol. The molecule has 0 saturated heterocycles. The molecule has 278 valence electrons. The van der Waals surface area contributed by atoms with Gasteiger partial charge in [0.05, 0.1) is 0 Å². The molecule has 0 bridgehead atoms. The third-order valence-corrected chi connectivity index (χ3v) is 9.25. The van der Waals surface area contributed by atoms with Crippen LogP contribution in [-0.2, 0) is 18.4 Å². The van der Waals surface area contributed by atoms with Crippen molar-refractivity contribution in [2.24, 2.45) is 11.8 Å². The van der Waals surface area contributed by atoms with E-state index in [0.29, 0.717) is 0 Å². The summed E-state index contributed by atoms with van der Waals surface area (Å²) in [5, 5.41) is 17.8. The second-order valence-electron chi connectivity index (χ2n) is 16.2. The van der Waals surface area contributed by atoms with Crippen molar-refractivity contribution in [1.29, 1.82) is 0 Å². The fourth-order valence-electron chi connectivity index (χ4n) is 6.11. The molecule has 0 heterocycles. The van der Waals surface area contributed by atoms with Gasteiger partial charge in [0.25, 0.3) is 0 Å². The van der Waals surface area contributed by atoms with Gasteiger partial charge in [0.1, 0.15) is 0 Å². The van der Waals surface area contributed by atoms with E-state index < -0.39 is 0 Å². The predicted octanol–water partition coefficient (Wildman–Crippen LogP) is 8.96. The first-order valence-electron chi connectivity index (χ1n) is 20.0. The van der Waals surface area contributed by atoms with Crippen LogP contribution in [0, 0.1) is 11.8 Å². The van der Waals surface area contributed by atoms with Crippen LogP contribution in [0.4, 0.5) is 0 Å². The van der Waals surface area contributed by atoms with Crippen LogP contribution in [0.3, 0.4) is 0 Å². The highest BCUT2D eigenvalue weighted by atomic mass is 14.9. The van der Waals surface area contributed by atoms with Gasteiger partial charge in [0.15, 0.2) is 0 Å². The van der Waals surface area contributed by atoms with Gasteiger partial charge in [-0.3, -0.25) is 0 Å². The normalized spacial score (nSPS) is 12.0. The zero-order valence-electron chi connectivity index (χ0n) is 33.0. The Labute approximate surface area is 307 Å². The first-order valence-corrected chi connectivity index (χ1v) is 20.0. The smallest absolute Gasteiger partial charge is 0.0205 e. The molecule has 3 rings (SSSR count). The van der Waals surface area contributed by atoms with Gasteiger partial charge in [-0.25, -0.2) is 0 Å². The molecular weight excluding hydrogens is 611 g/mol. The monoisotopic (exact) mass is 684 g/mol. The Morgan fingerprint density at radius 1 is 0.440 bits per heavy atom. The maximum atomic E-state index is 3.63. The molecule has 0 atom stereocenters. The standard InChI is InChI=1S/C45H73N5/c1-36(2)33-48-27-11-24-46-23-10-8-9-14-38-15-19-40(20-16-38)42-30-43(32-44(31-42)45(5,6)7)41-21-17-39(18-22-41)35-50-29-13-26-47-25-12-28-49-34-37(3)4/h15-22,30-32,36-37,46-50H,8-14,23-29,33-35H2,1-7H3. The van der Waals surface area contributed by atoms with Crippen LogP contribution in [0.25, 0.3) is 22.3 Å². The van der Waals surface area contributed by atoms with Crippen molar-refractivity contribution in [2.45, 2.75) is 105 Å². The highest BCUT2D eigenvalue weighted by molar-refractivity contribution is 5.75. The van der Waals surface area contributed by atoms with Crippen LogP contribution < -0.4 is 26.6 Å². The summed E-state index contributed by atoms with van der Waals surface area (Å²) in [5.41, 5.74) is 9.40. The van der Waals surface area contributed by atoms with Crippen LogP contribution >= 0.6 is 0 Å². The Kier molecular flexibility index (Phi) is 20.0. The Bertz CT molecular complexity index is 1200. The summed E-state index contributed by atoms with van der Waals surface area (Å²) in [5.74, 6) is 1.46. The van der Waals surface area contributed by atoms with E-state index in [1.54, 1.807) is 0 Å². The van der Waals surface area contributed by atoms with Crippen LogP contribution in [0.2, 0.25) is 0 Å². The van der Waals surface area contributed by atoms with Gasteiger partial charge in [-0.2, -0.15) is 0 Å². The lowest BCUT2D eigenvalue weighted by Crippen LogP contribution is -2.26. The highest BCUT2D eigenvalue weighted by Gasteiger charge is 2.17. The van der Waals surface area contributed by atoms with E-state index in [1.165, 1.54) is 71.0 Å². The largest absolute Gasteiger partial charge is 0.317 e. The van der Waals surface area contributed by atoms with Crippen LogP contribution in [0.5, 0.6) is 0 Å². The first kappa shape index (κ1) is 41.9. The van der Waals surface area contributed by atoms with Gasteiger partial charge in [0, 0.05) is 6.54 Å². The number of benzene rings is 3. The zero-order valence-corrected chi connectivity index (χ0v) is 33.0. The summed E-state index contributed by atoms with van der Waals surface area (Å²) >= 11 is 0. The molecule has 5 nitrogen and oxygen atoms in total. The molecule has 0 aliphatic carbocycles. The molecule has 0 amide bonds.